The quantitative estimate of drug-likeness (QED) is 0.0268. The van der Waals surface area contributed by atoms with E-state index in [-0.39, 0.29) is 38.8 Å². The molecule has 0 radical (unpaired) electrons. The molecule has 0 aromatic rings. The van der Waals surface area contributed by atoms with Crippen LogP contribution in [0.15, 0.2) is 85.1 Å². The lowest BCUT2D eigenvalue weighted by Gasteiger charge is -2.20. The third-order valence-electron chi connectivity index (χ3n) is 11.8. The Bertz CT molecular complexity index is 1320. The minimum atomic E-state index is -4.30. The predicted molar refractivity (Wildman–Crippen MR) is 293 cm³/mol. The van der Waals surface area contributed by atoms with E-state index >= 15 is 0 Å². The maximum atomic E-state index is 12.7. The third-order valence-corrected chi connectivity index (χ3v) is 12.8. The number of carbonyl (C=O) groups excluding carboxylic acids is 1. The number of phosphoric acid groups is 1. The van der Waals surface area contributed by atoms with Crippen molar-refractivity contribution in [1.29, 1.82) is 0 Å². The maximum Gasteiger partial charge on any atom is 0.472 e. The van der Waals surface area contributed by atoms with Gasteiger partial charge in [-0.2, -0.15) is 0 Å². The van der Waals surface area contributed by atoms with Gasteiger partial charge in [-0.25, -0.2) is 4.57 Å². The van der Waals surface area contributed by atoms with Crippen LogP contribution in [0.4, 0.5) is 0 Å². The molecule has 2 unspecified atom stereocenters. The van der Waals surface area contributed by atoms with Crippen molar-refractivity contribution < 1.29 is 32.8 Å². The molecule has 0 rings (SSSR count). The van der Waals surface area contributed by atoms with Crippen LogP contribution in [0.2, 0.25) is 0 Å². The van der Waals surface area contributed by atoms with E-state index in [0.29, 0.717) is 13.0 Å². The van der Waals surface area contributed by atoms with Gasteiger partial charge in [0.05, 0.1) is 19.8 Å². The number of phosphoric ester groups is 1. The number of ether oxygens (including phenoxy) is 2. The van der Waals surface area contributed by atoms with Crippen molar-refractivity contribution in [3.8, 4) is 0 Å². The van der Waals surface area contributed by atoms with Gasteiger partial charge in [-0.05, 0) is 70.6 Å². The van der Waals surface area contributed by atoms with Gasteiger partial charge < -0.3 is 20.1 Å². The second-order valence-corrected chi connectivity index (χ2v) is 19.9. The number of hydrogen-bond donors (Lipinski definition) is 2. The van der Waals surface area contributed by atoms with Gasteiger partial charge in [0, 0.05) is 19.6 Å². The Morgan fingerprint density at radius 3 is 1.22 bits per heavy atom. The van der Waals surface area contributed by atoms with Crippen molar-refractivity contribution >= 4 is 13.8 Å². The zero-order valence-corrected chi connectivity index (χ0v) is 45.0. The fourth-order valence-corrected chi connectivity index (χ4v) is 8.51. The highest BCUT2D eigenvalue weighted by Gasteiger charge is 2.25. The molecular formula is C59H106NO7P. The topological polar surface area (TPSA) is 117 Å². The summed E-state index contributed by atoms with van der Waals surface area (Å²) < 4.78 is 33.6. The van der Waals surface area contributed by atoms with E-state index in [2.05, 4.69) is 98.9 Å². The first-order chi connectivity index (χ1) is 33.4. The molecule has 0 aromatic carbocycles. The van der Waals surface area contributed by atoms with E-state index in [1.54, 1.807) is 0 Å². The van der Waals surface area contributed by atoms with Crippen LogP contribution in [0.1, 0.15) is 245 Å². The number of esters is 1. The van der Waals surface area contributed by atoms with Crippen LogP contribution in [-0.2, 0) is 27.9 Å². The van der Waals surface area contributed by atoms with Gasteiger partial charge in [0.2, 0.25) is 0 Å². The number of nitrogens with two attached hydrogens (primary N) is 1. The van der Waals surface area contributed by atoms with Gasteiger partial charge in [0.1, 0.15) is 6.10 Å². The number of unbranched alkanes of at least 4 members (excludes halogenated alkanes) is 26. The van der Waals surface area contributed by atoms with Gasteiger partial charge in [-0.15, -0.1) is 0 Å². The lowest BCUT2D eigenvalue weighted by Crippen LogP contribution is -2.28. The summed E-state index contributed by atoms with van der Waals surface area (Å²) in [5.74, 6) is -0.360. The van der Waals surface area contributed by atoms with Gasteiger partial charge in [0.15, 0.2) is 0 Å². The van der Waals surface area contributed by atoms with Gasteiger partial charge in [-0.1, -0.05) is 253 Å². The number of carbonyl (C=O) groups is 1. The van der Waals surface area contributed by atoms with Crippen molar-refractivity contribution in [3.63, 3.8) is 0 Å². The smallest absolute Gasteiger partial charge is 0.457 e. The average molecular weight is 972 g/mol. The summed E-state index contributed by atoms with van der Waals surface area (Å²) in [6.07, 6.45) is 73.5. The molecule has 2 atom stereocenters. The second kappa shape index (κ2) is 55.6. The molecule has 0 saturated heterocycles. The van der Waals surface area contributed by atoms with Crippen LogP contribution < -0.4 is 5.73 Å². The Kier molecular flexibility index (Phi) is 53.7. The summed E-state index contributed by atoms with van der Waals surface area (Å²) in [6.45, 7) is 4.79. The Morgan fingerprint density at radius 2 is 0.824 bits per heavy atom. The van der Waals surface area contributed by atoms with E-state index in [4.69, 9.17) is 24.3 Å². The molecule has 68 heavy (non-hydrogen) atoms. The summed E-state index contributed by atoms with van der Waals surface area (Å²) in [7, 11) is -4.30. The Morgan fingerprint density at radius 1 is 0.456 bits per heavy atom. The molecule has 394 valence electrons. The fraction of sp³-hybridized carbons (Fsp3) is 0.746. The van der Waals surface area contributed by atoms with Crippen molar-refractivity contribution in [2.75, 3.05) is 33.0 Å². The molecule has 0 heterocycles. The highest BCUT2D eigenvalue weighted by Crippen LogP contribution is 2.43. The lowest BCUT2D eigenvalue weighted by molar-refractivity contribution is -0.154. The summed E-state index contributed by atoms with van der Waals surface area (Å²) in [5.41, 5.74) is 5.40. The van der Waals surface area contributed by atoms with Crippen molar-refractivity contribution in [2.45, 2.75) is 251 Å². The number of rotatable bonds is 53. The lowest BCUT2D eigenvalue weighted by atomic mass is 10.0. The molecule has 8 nitrogen and oxygen atoms in total. The van der Waals surface area contributed by atoms with Crippen molar-refractivity contribution in [2.24, 2.45) is 5.73 Å². The Balaban J connectivity index is 3.98. The van der Waals surface area contributed by atoms with E-state index in [1.165, 1.54) is 141 Å². The van der Waals surface area contributed by atoms with E-state index in [0.717, 1.165) is 77.0 Å². The zero-order chi connectivity index (χ0) is 49.4. The Hall–Kier alpha value is -2.32. The molecule has 0 spiro atoms. The fourth-order valence-electron chi connectivity index (χ4n) is 7.74. The highest BCUT2D eigenvalue weighted by molar-refractivity contribution is 7.47. The molecule has 0 amide bonds. The van der Waals surface area contributed by atoms with Crippen LogP contribution >= 0.6 is 7.82 Å². The molecular weight excluding hydrogens is 866 g/mol. The van der Waals surface area contributed by atoms with Crippen LogP contribution in [-0.4, -0.2) is 49.9 Å². The van der Waals surface area contributed by atoms with E-state index < -0.39 is 13.9 Å². The monoisotopic (exact) mass is 972 g/mol. The number of hydrogen-bond acceptors (Lipinski definition) is 7. The Labute approximate surface area is 419 Å². The summed E-state index contributed by atoms with van der Waals surface area (Å²) in [6, 6.07) is 0. The second-order valence-electron chi connectivity index (χ2n) is 18.4. The molecule has 0 fully saturated rings. The first-order valence-electron chi connectivity index (χ1n) is 28.1. The largest absolute Gasteiger partial charge is 0.472 e. The first-order valence-corrected chi connectivity index (χ1v) is 29.6. The standard InChI is InChI=1S/C59H106NO7P/c1-3-5-7-9-11-13-15-17-19-21-23-25-27-29-30-32-34-36-38-40-42-44-46-48-50-52-59(61)67-58(57-66-68(62,63)65-55-53-60)56-64-54-51-49-47-45-43-41-39-37-35-33-31-28-26-24-22-20-18-16-14-12-10-8-6-4-2/h5,7,11,13,17,19,23,25,29-30,34,36,40,42,58H,3-4,6,8-10,12,14-16,18,20-22,24,26-28,31-33,35,37-39,41,43-57,60H2,1-2H3,(H,62,63)/b7-5-,13-11-,19-17-,25-23-,30-29-,36-34-,42-40-. The van der Waals surface area contributed by atoms with Crippen LogP contribution in [0.25, 0.3) is 0 Å². The average Bonchev–Trinajstić information content (AvgIpc) is 3.33. The third kappa shape index (κ3) is 54.6. The predicted octanol–water partition coefficient (Wildman–Crippen LogP) is 18.0. The first kappa shape index (κ1) is 65.7. The van der Waals surface area contributed by atoms with Gasteiger partial charge in [-0.3, -0.25) is 13.8 Å². The minimum absolute atomic E-state index is 0.0916. The summed E-state index contributed by atoms with van der Waals surface area (Å²) >= 11 is 0. The highest BCUT2D eigenvalue weighted by atomic mass is 31.2. The molecule has 0 aliphatic heterocycles. The molecule has 0 saturated carbocycles. The van der Waals surface area contributed by atoms with E-state index in [1.807, 2.05) is 0 Å². The van der Waals surface area contributed by atoms with Gasteiger partial charge >= 0.3 is 13.8 Å². The summed E-state index contributed by atoms with van der Waals surface area (Å²) in [4.78, 5) is 22.6. The molecule has 9 heteroatoms. The SMILES string of the molecule is CC/C=C\C/C=C\C/C=C\C/C=C\C/C=C\C/C=C\C/C=C\CCCCCC(=O)OC(COCCCCCCCCCCCCCCCCCCCCCCCCCC)COP(=O)(O)OCCN. The van der Waals surface area contributed by atoms with Crippen molar-refractivity contribution in [1.82, 2.24) is 0 Å². The molecule has 0 aliphatic rings. The molecule has 0 aromatic heterocycles. The minimum Gasteiger partial charge on any atom is -0.457 e. The molecule has 0 bridgehead atoms. The normalized spacial score (nSPS) is 13.9. The number of allylic oxidation sites excluding steroid dienone is 14. The van der Waals surface area contributed by atoms with E-state index in [9.17, 15) is 14.3 Å². The van der Waals surface area contributed by atoms with Crippen molar-refractivity contribution in [3.05, 3.63) is 85.1 Å². The molecule has 0 aliphatic carbocycles. The molecule has 3 N–H and O–H groups in total. The van der Waals surface area contributed by atoms with Crippen LogP contribution in [0.3, 0.4) is 0 Å². The van der Waals surface area contributed by atoms with Crippen LogP contribution in [0.5, 0.6) is 0 Å². The maximum absolute atomic E-state index is 12.7. The van der Waals surface area contributed by atoms with Gasteiger partial charge in [0.25, 0.3) is 0 Å². The zero-order valence-electron chi connectivity index (χ0n) is 44.1. The van der Waals surface area contributed by atoms with Crippen LogP contribution in [0, 0.1) is 0 Å². The summed E-state index contributed by atoms with van der Waals surface area (Å²) in [5, 5.41) is 0.